The van der Waals surface area contributed by atoms with Gasteiger partial charge in [0.2, 0.25) is 0 Å². The summed E-state index contributed by atoms with van der Waals surface area (Å²) in [6.07, 6.45) is 0. The van der Waals surface area contributed by atoms with Gasteiger partial charge in [0.1, 0.15) is 34.1 Å². The minimum absolute atomic E-state index is 1.28. The molecule has 6 fully saturated rings. The first-order valence-electron chi connectivity index (χ1n) is 6.42. The summed E-state index contributed by atoms with van der Waals surface area (Å²) in [6.45, 7) is 3.08. The summed E-state index contributed by atoms with van der Waals surface area (Å²) in [6, 6.07) is 0. The van der Waals surface area contributed by atoms with E-state index in [4.69, 9.17) is 104 Å². The van der Waals surface area contributed by atoms with Crippen LogP contribution in [-0.2, 0) is 0 Å². The lowest BCUT2D eigenvalue weighted by Gasteiger charge is -3.07. The van der Waals surface area contributed by atoms with E-state index >= 15 is 0 Å². The third-order valence-electron chi connectivity index (χ3n) is 7.13. The molecule has 2 bridgehead atoms. The first kappa shape index (κ1) is 16.7. The van der Waals surface area contributed by atoms with E-state index in [9.17, 15) is 5.11 Å². The van der Waals surface area contributed by atoms with Crippen molar-refractivity contribution in [3.05, 3.63) is 0 Å². The van der Waals surface area contributed by atoms with E-state index in [2.05, 4.69) is 0 Å². The summed E-state index contributed by atoms with van der Waals surface area (Å²) in [4.78, 5) is -10.6. The van der Waals surface area contributed by atoms with Crippen molar-refractivity contribution in [1.82, 2.24) is 0 Å². The molecule has 0 aromatic rings. The summed E-state index contributed by atoms with van der Waals surface area (Å²) in [5.41, 5.74) is -2.71. The lowest BCUT2D eigenvalue weighted by Crippen LogP contribution is -3.27. The maximum atomic E-state index is 10.8. The molecule has 0 heterocycles. The Morgan fingerprint density at radius 3 is 1.14 bits per heavy atom. The summed E-state index contributed by atoms with van der Waals surface area (Å²) in [5, 5.41) is 10.8. The Balaban J connectivity index is 1.99. The van der Waals surface area contributed by atoms with Crippen LogP contribution in [0.5, 0.6) is 0 Å². The van der Waals surface area contributed by atoms with Crippen LogP contribution in [0.2, 0.25) is 0 Å². The highest BCUT2D eigenvalue weighted by atomic mass is 35.5. The van der Waals surface area contributed by atoms with Gasteiger partial charge in [-0.05, 0) is 13.8 Å². The number of hydrogen-bond donors (Lipinski definition) is 1. The monoisotopic (exact) mass is 482 g/mol. The lowest BCUT2D eigenvalue weighted by molar-refractivity contribution is -0.396. The van der Waals surface area contributed by atoms with Crippen molar-refractivity contribution in [2.45, 2.75) is 57.9 Å². The fourth-order valence-electron chi connectivity index (χ4n) is 6.99. The predicted molar refractivity (Wildman–Crippen MR) is 93.3 cm³/mol. The molecular weight excluding hydrogens is 479 g/mol. The van der Waals surface area contributed by atoms with Gasteiger partial charge in [-0.25, -0.2) is 0 Å². The average molecular weight is 486 g/mol. The van der Waals surface area contributed by atoms with E-state index < -0.39 is 49.5 Å². The molecule has 1 nitrogen and oxygen atoms in total. The second-order valence-electron chi connectivity index (χ2n) is 7.49. The van der Waals surface area contributed by atoms with E-state index in [1.54, 1.807) is 13.8 Å². The van der Waals surface area contributed by atoms with Crippen LogP contribution in [-0.4, -0.2) is 49.2 Å². The average Bonchev–Trinajstić information content (AvgIpc) is 2.43. The lowest BCUT2D eigenvalue weighted by atomic mass is 9.08. The number of alkyl halides is 9. The minimum Gasteiger partial charge on any atom is -0.390 e. The van der Waals surface area contributed by atoms with E-state index in [0.717, 1.165) is 0 Å². The highest BCUT2D eigenvalue weighted by Crippen LogP contribution is 3.19. The van der Waals surface area contributed by atoms with Crippen molar-refractivity contribution in [3.8, 4) is 0 Å². The maximum absolute atomic E-state index is 10.8. The highest BCUT2D eigenvalue weighted by Gasteiger charge is 3.37. The number of halogens is 9. The fraction of sp³-hybridized carbons (Fsp3) is 1.00. The van der Waals surface area contributed by atoms with Crippen molar-refractivity contribution in [2.75, 3.05) is 0 Å². The van der Waals surface area contributed by atoms with Gasteiger partial charge in [0.25, 0.3) is 0 Å². The topological polar surface area (TPSA) is 20.2 Å². The molecule has 0 aromatic carbocycles. The molecule has 124 valence electrons. The van der Waals surface area contributed by atoms with Crippen molar-refractivity contribution in [3.63, 3.8) is 0 Å². The molecule has 0 aliphatic heterocycles. The third kappa shape index (κ3) is 0.635. The maximum Gasteiger partial charge on any atom is 0.163 e. The zero-order valence-electron chi connectivity index (χ0n) is 10.8. The molecular formula is C12H7Cl9O. The molecule has 6 aliphatic rings. The zero-order valence-corrected chi connectivity index (χ0v) is 17.7. The Kier molecular flexibility index (Phi) is 2.33. The molecule has 6 saturated carbocycles. The summed E-state index contributed by atoms with van der Waals surface area (Å²) >= 11 is 60.8. The number of rotatable bonds is 1. The van der Waals surface area contributed by atoms with Gasteiger partial charge in [0.05, 0.1) is 11.0 Å². The quantitative estimate of drug-likeness (QED) is 0.527. The number of aliphatic hydroxyl groups is 1. The molecule has 0 saturated heterocycles. The van der Waals surface area contributed by atoms with Crippen molar-refractivity contribution >= 4 is 104 Å². The van der Waals surface area contributed by atoms with Gasteiger partial charge in [-0.3, -0.25) is 0 Å². The van der Waals surface area contributed by atoms with Crippen LogP contribution in [0.4, 0.5) is 0 Å². The normalized spacial score (nSPS) is 78.0. The Hall–Kier alpha value is 2.57. The van der Waals surface area contributed by atoms with Gasteiger partial charge >= 0.3 is 0 Å². The van der Waals surface area contributed by atoms with Crippen LogP contribution in [0.15, 0.2) is 0 Å². The molecule has 0 aromatic heterocycles. The Labute approximate surface area is 171 Å². The molecule has 22 heavy (non-hydrogen) atoms. The summed E-state index contributed by atoms with van der Waals surface area (Å²) in [7, 11) is 0. The van der Waals surface area contributed by atoms with Crippen LogP contribution in [0.1, 0.15) is 13.8 Å². The predicted octanol–water partition coefficient (Wildman–Crippen LogP) is 4.83. The smallest absolute Gasteiger partial charge is 0.163 e. The van der Waals surface area contributed by atoms with Crippen molar-refractivity contribution in [1.29, 1.82) is 0 Å². The van der Waals surface area contributed by atoms with E-state index in [1.807, 2.05) is 0 Å². The van der Waals surface area contributed by atoms with Crippen molar-refractivity contribution < 1.29 is 5.11 Å². The SMILES string of the molecule is CC(C)(O)C12C3(Cl)[C@]4(Cl)C5(Cl)C(Cl)(Cl)C(Cl)([C@@]14Cl)[C@]2(Cl)[C@]53Cl. The van der Waals surface area contributed by atoms with Crippen LogP contribution in [0, 0.1) is 5.41 Å². The first-order valence-corrected chi connectivity index (χ1v) is 9.83. The molecule has 0 radical (unpaired) electrons. The van der Waals surface area contributed by atoms with Crippen molar-refractivity contribution in [2.24, 2.45) is 5.41 Å². The van der Waals surface area contributed by atoms with E-state index in [0.29, 0.717) is 0 Å². The van der Waals surface area contributed by atoms with Crippen LogP contribution >= 0.6 is 104 Å². The Bertz CT molecular complexity index is 682. The first-order chi connectivity index (χ1) is 9.50. The van der Waals surface area contributed by atoms with Crippen LogP contribution < -0.4 is 0 Å². The van der Waals surface area contributed by atoms with Crippen LogP contribution in [0.3, 0.4) is 0 Å². The molecule has 0 amide bonds. The molecule has 10 heteroatoms. The fourth-order valence-corrected chi connectivity index (χ4v) is 15.6. The molecule has 6 rings (SSSR count). The second-order valence-corrected chi connectivity index (χ2v) is 12.8. The van der Waals surface area contributed by atoms with Gasteiger partial charge in [-0.15, -0.1) is 81.2 Å². The largest absolute Gasteiger partial charge is 0.390 e. The van der Waals surface area contributed by atoms with E-state index in [-0.39, 0.29) is 0 Å². The van der Waals surface area contributed by atoms with Gasteiger partial charge in [0, 0.05) is 0 Å². The Morgan fingerprint density at radius 2 is 0.818 bits per heavy atom. The molecule has 1 N–H and O–H groups in total. The minimum atomic E-state index is -1.82. The second kappa shape index (κ2) is 3.07. The van der Waals surface area contributed by atoms with Gasteiger partial charge in [-0.1, -0.05) is 23.2 Å². The third-order valence-corrected chi connectivity index (χ3v) is 15.4. The molecule has 0 spiro atoms. The van der Waals surface area contributed by atoms with Gasteiger partial charge in [-0.2, -0.15) is 0 Å². The van der Waals surface area contributed by atoms with Gasteiger partial charge < -0.3 is 5.11 Å². The highest BCUT2D eigenvalue weighted by molar-refractivity contribution is 6.78. The van der Waals surface area contributed by atoms with Gasteiger partial charge in [0.15, 0.2) is 4.33 Å². The molecule has 4 unspecified atom stereocenters. The summed E-state index contributed by atoms with van der Waals surface area (Å²) < 4.78 is -1.82. The zero-order chi connectivity index (χ0) is 17.0. The Morgan fingerprint density at radius 1 is 0.545 bits per heavy atom. The molecule has 6 aliphatic carbocycles. The van der Waals surface area contributed by atoms with Crippen LogP contribution in [0.25, 0.3) is 0 Å². The van der Waals surface area contributed by atoms with E-state index in [1.165, 1.54) is 0 Å². The number of hydrogen-bond acceptors (Lipinski definition) is 1. The standard InChI is InChI=1S/C12H7Cl9O/c1-3(2,22)4-5(13)8(16)6(4,14)10(18)7(4,15)9(5,17)11(8,19)12(10,20)21/h22H,1-2H3/t4?,5?,6-,7-,8-,9+,10?,11?/m1/s1. The summed E-state index contributed by atoms with van der Waals surface area (Å²) in [5.74, 6) is 0. The molecule has 8 atom stereocenters.